The summed E-state index contributed by atoms with van der Waals surface area (Å²) in [5, 5.41) is 11.4. The van der Waals surface area contributed by atoms with Gasteiger partial charge in [0.05, 0.1) is 17.5 Å². The van der Waals surface area contributed by atoms with Crippen LogP contribution in [0.3, 0.4) is 0 Å². The van der Waals surface area contributed by atoms with E-state index in [1.54, 1.807) is 23.3 Å². The van der Waals surface area contributed by atoms with Crippen LogP contribution in [-0.4, -0.2) is 37.0 Å². The maximum absolute atomic E-state index is 12.4. The number of hydrogen-bond donors (Lipinski definition) is 1. The maximum Gasteiger partial charge on any atom is 0.254 e. The molecule has 0 aliphatic rings. The van der Waals surface area contributed by atoms with Crippen LogP contribution in [0.5, 0.6) is 0 Å². The van der Waals surface area contributed by atoms with Gasteiger partial charge in [-0.3, -0.25) is 9.48 Å². The van der Waals surface area contributed by atoms with E-state index < -0.39 is 0 Å². The topological polar surface area (TPSA) is 77.6 Å². The van der Waals surface area contributed by atoms with Crippen LogP contribution in [0.2, 0.25) is 0 Å². The van der Waals surface area contributed by atoms with Crippen molar-refractivity contribution in [2.24, 2.45) is 5.92 Å². The largest absolute Gasteiger partial charge is 0.352 e. The molecule has 0 unspecified atom stereocenters. The standard InChI is InChI=1S/C17H20N6O/c1-13(12-22-9-5-8-20-22)10-19-17(24)15-11-21-23(14(15)2)16-6-3-4-7-18-16/h3-9,11,13H,10,12H2,1-2H3,(H,19,24)/t13-/m1/s1. The third kappa shape index (κ3) is 3.51. The van der Waals surface area contributed by atoms with E-state index in [-0.39, 0.29) is 11.8 Å². The second kappa shape index (κ2) is 7.08. The fraction of sp³-hybridized carbons (Fsp3) is 0.294. The van der Waals surface area contributed by atoms with Crippen LogP contribution < -0.4 is 5.32 Å². The first-order valence-electron chi connectivity index (χ1n) is 7.87. The minimum absolute atomic E-state index is 0.123. The van der Waals surface area contributed by atoms with E-state index in [2.05, 4.69) is 27.4 Å². The number of carbonyl (C=O) groups is 1. The first kappa shape index (κ1) is 15.9. The molecule has 3 rings (SSSR count). The second-order valence-corrected chi connectivity index (χ2v) is 5.79. The van der Waals surface area contributed by atoms with Crippen molar-refractivity contribution >= 4 is 5.91 Å². The summed E-state index contributed by atoms with van der Waals surface area (Å²) in [6.07, 6.45) is 6.95. The van der Waals surface area contributed by atoms with Gasteiger partial charge in [-0.25, -0.2) is 9.67 Å². The van der Waals surface area contributed by atoms with Crippen molar-refractivity contribution in [2.75, 3.05) is 6.54 Å². The molecule has 0 radical (unpaired) electrons. The van der Waals surface area contributed by atoms with E-state index in [9.17, 15) is 4.79 Å². The predicted octanol–water partition coefficient (Wildman–Crippen LogP) is 1.84. The fourth-order valence-electron chi connectivity index (χ4n) is 2.50. The van der Waals surface area contributed by atoms with Gasteiger partial charge in [-0.05, 0) is 31.0 Å². The number of rotatable bonds is 6. The van der Waals surface area contributed by atoms with Gasteiger partial charge in [-0.15, -0.1) is 0 Å². The fourth-order valence-corrected chi connectivity index (χ4v) is 2.50. The van der Waals surface area contributed by atoms with E-state index in [1.807, 2.05) is 42.1 Å². The Morgan fingerprint density at radius 3 is 2.83 bits per heavy atom. The summed E-state index contributed by atoms with van der Waals surface area (Å²) in [4.78, 5) is 16.7. The van der Waals surface area contributed by atoms with Gasteiger partial charge in [-0.1, -0.05) is 13.0 Å². The van der Waals surface area contributed by atoms with Gasteiger partial charge in [0.2, 0.25) is 0 Å². The van der Waals surface area contributed by atoms with Crippen LogP contribution in [0, 0.1) is 12.8 Å². The molecule has 0 saturated carbocycles. The highest BCUT2D eigenvalue weighted by molar-refractivity contribution is 5.95. The summed E-state index contributed by atoms with van der Waals surface area (Å²) >= 11 is 0. The minimum atomic E-state index is -0.123. The summed E-state index contributed by atoms with van der Waals surface area (Å²) in [6.45, 7) is 5.28. The molecule has 124 valence electrons. The summed E-state index contributed by atoms with van der Waals surface area (Å²) in [5.41, 5.74) is 1.33. The molecule has 0 fully saturated rings. The average Bonchev–Trinajstić information content (AvgIpc) is 3.23. The van der Waals surface area contributed by atoms with Crippen molar-refractivity contribution in [3.8, 4) is 5.82 Å². The Bertz CT molecular complexity index is 794. The Kier molecular flexibility index (Phi) is 4.69. The van der Waals surface area contributed by atoms with Crippen LogP contribution in [-0.2, 0) is 6.54 Å². The molecule has 24 heavy (non-hydrogen) atoms. The lowest BCUT2D eigenvalue weighted by molar-refractivity contribution is 0.0946. The lowest BCUT2D eigenvalue weighted by Gasteiger charge is -2.12. The Hall–Kier alpha value is -2.96. The summed E-state index contributed by atoms with van der Waals surface area (Å²) in [6, 6.07) is 7.48. The lowest BCUT2D eigenvalue weighted by Crippen LogP contribution is -2.30. The van der Waals surface area contributed by atoms with Gasteiger partial charge in [-0.2, -0.15) is 10.2 Å². The molecule has 3 aromatic heterocycles. The van der Waals surface area contributed by atoms with E-state index in [0.29, 0.717) is 17.9 Å². The van der Waals surface area contributed by atoms with Crippen LogP contribution >= 0.6 is 0 Å². The molecular weight excluding hydrogens is 304 g/mol. The molecule has 1 amide bonds. The SMILES string of the molecule is Cc1c(C(=O)NC[C@@H](C)Cn2cccn2)cnn1-c1ccccn1. The van der Waals surface area contributed by atoms with Crippen molar-refractivity contribution in [1.29, 1.82) is 0 Å². The summed E-state index contributed by atoms with van der Waals surface area (Å²) in [7, 11) is 0. The molecule has 0 saturated heterocycles. The number of hydrogen-bond acceptors (Lipinski definition) is 4. The second-order valence-electron chi connectivity index (χ2n) is 5.79. The molecule has 0 bridgehead atoms. The molecule has 1 N–H and O–H groups in total. The molecule has 7 nitrogen and oxygen atoms in total. The van der Waals surface area contributed by atoms with Gasteiger partial charge in [0.25, 0.3) is 5.91 Å². The highest BCUT2D eigenvalue weighted by Crippen LogP contribution is 2.12. The van der Waals surface area contributed by atoms with Crippen molar-refractivity contribution in [2.45, 2.75) is 20.4 Å². The number of amides is 1. The van der Waals surface area contributed by atoms with Crippen LogP contribution in [0.4, 0.5) is 0 Å². The summed E-state index contributed by atoms with van der Waals surface area (Å²) < 4.78 is 3.53. The zero-order valence-corrected chi connectivity index (χ0v) is 13.8. The number of pyridine rings is 1. The molecule has 0 spiro atoms. The van der Waals surface area contributed by atoms with Crippen molar-refractivity contribution in [3.05, 3.63) is 60.3 Å². The first-order valence-corrected chi connectivity index (χ1v) is 7.87. The molecule has 0 aliphatic heterocycles. The van der Waals surface area contributed by atoms with Crippen molar-refractivity contribution in [3.63, 3.8) is 0 Å². The van der Waals surface area contributed by atoms with E-state index in [4.69, 9.17) is 0 Å². The molecule has 0 aliphatic carbocycles. The maximum atomic E-state index is 12.4. The minimum Gasteiger partial charge on any atom is -0.352 e. The van der Waals surface area contributed by atoms with Crippen LogP contribution in [0.25, 0.3) is 5.82 Å². The lowest BCUT2D eigenvalue weighted by atomic mass is 10.1. The van der Waals surface area contributed by atoms with Gasteiger partial charge in [0.15, 0.2) is 5.82 Å². The van der Waals surface area contributed by atoms with E-state index >= 15 is 0 Å². The number of carbonyl (C=O) groups excluding carboxylic acids is 1. The number of nitrogens with zero attached hydrogens (tertiary/aromatic N) is 5. The molecule has 7 heteroatoms. The van der Waals surface area contributed by atoms with Gasteiger partial charge < -0.3 is 5.32 Å². The third-order valence-electron chi connectivity index (χ3n) is 3.79. The molecular formula is C17H20N6O. The molecule has 1 atom stereocenters. The van der Waals surface area contributed by atoms with E-state index in [0.717, 1.165) is 12.2 Å². The highest BCUT2D eigenvalue weighted by Gasteiger charge is 2.16. The predicted molar refractivity (Wildman–Crippen MR) is 89.8 cm³/mol. The van der Waals surface area contributed by atoms with Crippen molar-refractivity contribution < 1.29 is 4.79 Å². The molecule has 3 aromatic rings. The molecule has 3 heterocycles. The smallest absolute Gasteiger partial charge is 0.254 e. The monoisotopic (exact) mass is 324 g/mol. The van der Waals surface area contributed by atoms with Gasteiger partial charge in [0, 0.05) is 31.7 Å². The highest BCUT2D eigenvalue weighted by atomic mass is 16.1. The first-order chi connectivity index (χ1) is 11.6. The van der Waals surface area contributed by atoms with Crippen LogP contribution in [0.15, 0.2) is 49.1 Å². The number of nitrogens with one attached hydrogen (secondary N) is 1. The third-order valence-corrected chi connectivity index (χ3v) is 3.79. The number of aromatic nitrogens is 5. The van der Waals surface area contributed by atoms with Gasteiger partial charge >= 0.3 is 0 Å². The zero-order chi connectivity index (χ0) is 16.9. The van der Waals surface area contributed by atoms with Crippen molar-refractivity contribution in [1.82, 2.24) is 29.9 Å². The Labute approximate surface area is 140 Å². The Morgan fingerprint density at radius 2 is 2.12 bits per heavy atom. The Morgan fingerprint density at radius 1 is 1.25 bits per heavy atom. The van der Waals surface area contributed by atoms with Gasteiger partial charge in [0.1, 0.15) is 0 Å². The van der Waals surface area contributed by atoms with E-state index in [1.165, 1.54) is 0 Å². The normalized spacial score (nSPS) is 12.1. The van der Waals surface area contributed by atoms with Crippen LogP contribution in [0.1, 0.15) is 23.0 Å². The summed E-state index contributed by atoms with van der Waals surface area (Å²) in [5.74, 6) is 0.850. The zero-order valence-electron chi connectivity index (χ0n) is 13.8. The Balaban J connectivity index is 1.62. The molecule has 0 aromatic carbocycles. The average molecular weight is 324 g/mol. The quantitative estimate of drug-likeness (QED) is 0.750.